The largest absolute Gasteiger partial charge is 0.463 e. The third-order valence-electron chi connectivity index (χ3n) is 7.41. The number of ether oxygens (including phenoxy) is 1. The van der Waals surface area contributed by atoms with Crippen molar-refractivity contribution in [3.8, 4) is 11.4 Å². The lowest BCUT2D eigenvalue weighted by Gasteiger charge is -2.29. The van der Waals surface area contributed by atoms with Crippen LogP contribution in [0.5, 0.6) is 0 Å². The standard InChI is InChI=1S/C27H28FN3O6/c1-13-15-5-6-20(29-23(35)4-3-7-32)25-17-10-31-22(26(17)30-21(24(15)25)9-19(13)28)8-16(14(2)34)18(27(31)36)11-37-12-33/h8-9,12,14,20,32,34H,3-7,10-11H2,1-2H3,(H,29,35). The second kappa shape index (κ2) is 9.68. The molecule has 0 bridgehead atoms. The number of carbonyl (C=O) groups is 2. The van der Waals surface area contributed by atoms with Crippen LogP contribution in [0.25, 0.3) is 22.3 Å². The molecule has 2 aliphatic rings. The number of nitrogens with one attached hydrogen (secondary N) is 1. The molecule has 0 radical (unpaired) electrons. The summed E-state index contributed by atoms with van der Waals surface area (Å²) in [7, 11) is 0. The number of aliphatic hydroxyl groups excluding tert-OH is 2. The number of amides is 1. The van der Waals surface area contributed by atoms with E-state index in [9.17, 15) is 23.9 Å². The fourth-order valence-corrected chi connectivity index (χ4v) is 5.65. The molecule has 0 fully saturated rings. The zero-order chi connectivity index (χ0) is 26.4. The van der Waals surface area contributed by atoms with E-state index in [1.165, 1.54) is 17.6 Å². The van der Waals surface area contributed by atoms with Gasteiger partial charge in [0, 0.05) is 30.0 Å². The Balaban J connectivity index is 1.74. The van der Waals surface area contributed by atoms with Crippen LogP contribution in [0, 0.1) is 12.7 Å². The molecule has 0 saturated carbocycles. The summed E-state index contributed by atoms with van der Waals surface area (Å²) in [5.74, 6) is -0.565. The minimum absolute atomic E-state index is 0.0890. The summed E-state index contributed by atoms with van der Waals surface area (Å²) in [6, 6.07) is 2.68. The molecule has 3 aromatic rings. The molecule has 2 unspecified atom stereocenters. The molecule has 37 heavy (non-hydrogen) atoms. The maximum atomic E-state index is 14.9. The van der Waals surface area contributed by atoms with E-state index in [1.807, 2.05) is 0 Å². The van der Waals surface area contributed by atoms with Gasteiger partial charge >= 0.3 is 0 Å². The van der Waals surface area contributed by atoms with Gasteiger partial charge in [-0.1, -0.05) is 0 Å². The molecule has 2 atom stereocenters. The van der Waals surface area contributed by atoms with E-state index in [0.717, 1.165) is 22.1 Å². The first kappa shape index (κ1) is 25.0. The smallest absolute Gasteiger partial charge is 0.293 e. The summed E-state index contributed by atoms with van der Waals surface area (Å²) < 4.78 is 21.3. The summed E-state index contributed by atoms with van der Waals surface area (Å²) in [6.45, 7) is 3.31. The number of aromatic nitrogens is 2. The van der Waals surface area contributed by atoms with Gasteiger partial charge in [0.15, 0.2) is 0 Å². The summed E-state index contributed by atoms with van der Waals surface area (Å²) in [6.07, 6.45) is 0.631. The maximum Gasteiger partial charge on any atom is 0.293 e. The van der Waals surface area contributed by atoms with Gasteiger partial charge in [0.1, 0.15) is 12.4 Å². The molecule has 1 aliphatic heterocycles. The number of benzene rings is 1. The predicted octanol–water partition coefficient (Wildman–Crippen LogP) is 2.48. The van der Waals surface area contributed by atoms with Crippen molar-refractivity contribution in [3.05, 3.63) is 61.7 Å². The van der Waals surface area contributed by atoms with Crippen molar-refractivity contribution in [2.75, 3.05) is 6.61 Å². The average molecular weight is 510 g/mol. The molecule has 5 rings (SSSR count). The molecule has 10 heteroatoms. The molecular formula is C27H28FN3O6. The molecule has 1 aromatic carbocycles. The third-order valence-corrected chi connectivity index (χ3v) is 7.41. The van der Waals surface area contributed by atoms with Crippen LogP contribution < -0.4 is 10.9 Å². The first-order chi connectivity index (χ1) is 17.8. The van der Waals surface area contributed by atoms with Crippen molar-refractivity contribution in [1.29, 1.82) is 0 Å². The zero-order valence-electron chi connectivity index (χ0n) is 20.6. The SMILES string of the molecule is Cc1c(F)cc2nc3c(c4c2c1CCC4NC(=O)CCCO)Cn1c-3cc(C(C)O)c(COC=O)c1=O. The van der Waals surface area contributed by atoms with Gasteiger partial charge in [-0.25, -0.2) is 9.37 Å². The quantitative estimate of drug-likeness (QED) is 0.311. The fourth-order valence-electron chi connectivity index (χ4n) is 5.65. The Morgan fingerprint density at radius 2 is 2.16 bits per heavy atom. The number of hydrogen-bond acceptors (Lipinski definition) is 7. The topological polar surface area (TPSA) is 131 Å². The van der Waals surface area contributed by atoms with Crippen LogP contribution in [0.1, 0.15) is 71.7 Å². The first-order valence-corrected chi connectivity index (χ1v) is 12.3. The lowest BCUT2D eigenvalue weighted by molar-refractivity contribution is -0.130. The molecule has 2 aromatic heterocycles. The Hall–Kier alpha value is -3.63. The third kappa shape index (κ3) is 4.10. The highest BCUT2D eigenvalue weighted by Gasteiger charge is 2.35. The second-order valence-electron chi connectivity index (χ2n) is 9.63. The molecule has 3 heterocycles. The average Bonchev–Trinajstić information content (AvgIpc) is 3.24. The van der Waals surface area contributed by atoms with Gasteiger partial charge in [-0.15, -0.1) is 0 Å². The molecule has 0 saturated heterocycles. The van der Waals surface area contributed by atoms with Gasteiger partial charge in [-0.3, -0.25) is 14.4 Å². The normalized spacial score (nSPS) is 16.3. The zero-order valence-corrected chi connectivity index (χ0v) is 20.6. The Morgan fingerprint density at radius 3 is 2.86 bits per heavy atom. The van der Waals surface area contributed by atoms with Crippen molar-refractivity contribution < 1.29 is 28.9 Å². The van der Waals surface area contributed by atoms with Crippen LogP contribution in [0.4, 0.5) is 4.39 Å². The van der Waals surface area contributed by atoms with Crippen molar-refractivity contribution in [3.63, 3.8) is 0 Å². The Bertz CT molecular complexity index is 1500. The number of halogens is 1. The van der Waals surface area contributed by atoms with E-state index in [4.69, 9.17) is 14.8 Å². The van der Waals surface area contributed by atoms with Crippen LogP contribution in [-0.4, -0.2) is 38.8 Å². The van der Waals surface area contributed by atoms with E-state index in [0.29, 0.717) is 47.3 Å². The van der Waals surface area contributed by atoms with Gasteiger partial charge in [-0.05, 0) is 61.4 Å². The van der Waals surface area contributed by atoms with E-state index in [-0.39, 0.29) is 56.0 Å². The molecule has 1 aliphatic carbocycles. The Morgan fingerprint density at radius 1 is 1.38 bits per heavy atom. The van der Waals surface area contributed by atoms with Gasteiger partial charge in [0.25, 0.3) is 12.0 Å². The number of aryl methyl sites for hydroxylation is 1. The van der Waals surface area contributed by atoms with Gasteiger partial charge in [0.05, 0.1) is 41.2 Å². The number of nitrogens with zero attached hydrogens (tertiary/aromatic N) is 2. The summed E-state index contributed by atoms with van der Waals surface area (Å²) >= 11 is 0. The van der Waals surface area contributed by atoms with E-state index < -0.39 is 11.7 Å². The lowest BCUT2D eigenvalue weighted by Crippen LogP contribution is -2.32. The molecule has 0 spiro atoms. The second-order valence-corrected chi connectivity index (χ2v) is 9.63. The highest BCUT2D eigenvalue weighted by atomic mass is 19.1. The van der Waals surface area contributed by atoms with E-state index >= 15 is 0 Å². The summed E-state index contributed by atoms with van der Waals surface area (Å²) in [4.78, 5) is 41.7. The Labute approximate surface area is 211 Å². The highest BCUT2D eigenvalue weighted by Crippen LogP contribution is 2.45. The number of pyridine rings is 2. The van der Waals surface area contributed by atoms with Gasteiger partial charge < -0.3 is 24.8 Å². The monoisotopic (exact) mass is 509 g/mol. The summed E-state index contributed by atoms with van der Waals surface area (Å²) in [5, 5.41) is 23.4. The maximum absolute atomic E-state index is 14.9. The fraction of sp³-hybridized carbons (Fsp3) is 0.407. The molecular weight excluding hydrogens is 481 g/mol. The van der Waals surface area contributed by atoms with E-state index in [1.54, 1.807) is 13.0 Å². The van der Waals surface area contributed by atoms with Crippen LogP contribution in [-0.2, 0) is 33.9 Å². The van der Waals surface area contributed by atoms with Gasteiger partial charge in [0.2, 0.25) is 5.91 Å². The minimum Gasteiger partial charge on any atom is -0.463 e. The number of carbonyl (C=O) groups excluding carboxylic acids is 2. The number of aliphatic hydroxyl groups is 2. The van der Waals surface area contributed by atoms with Crippen LogP contribution in [0.3, 0.4) is 0 Å². The molecule has 194 valence electrons. The highest BCUT2D eigenvalue weighted by molar-refractivity contribution is 5.93. The lowest BCUT2D eigenvalue weighted by atomic mass is 9.81. The van der Waals surface area contributed by atoms with Crippen molar-refractivity contribution in [1.82, 2.24) is 14.9 Å². The van der Waals surface area contributed by atoms with Crippen molar-refractivity contribution in [2.45, 2.75) is 64.8 Å². The minimum atomic E-state index is -1.00. The molecule has 3 N–H and O–H groups in total. The number of fused-ring (bicyclic) bond motifs is 4. The first-order valence-electron chi connectivity index (χ1n) is 12.3. The summed E-state index contributed by atoms with van der Waals surface area (Å²) in [5.41, 5.74) is 4.45. The Kier molecular flexibility index (Phi) is 6.55. The van der Waals surface area contributed by atoms with E-state index in [2.05, 4.69) is 5.32 Å². The van der Waals surface area contributed by atoms with Crippen LogP contribution in [0.2, 0.25) is 0 Å². The number of rotatable bonds is 8. The molecule has 1 amide bonds. The van der Waals surface area contributed by atoms with Crippen molar-refractivity contribution in [2.24, 2.45) is 0 Å². The molecule has 9 nitrogen and oxygen atoms in total. The van der Waals surface area contributed by atoms with Crippen LogP contribution >= 0.6 is 0 Å². The van der Waals surface area contributed by atoms with Gasteiger partial charge in [-0.2, -0.15) is 0 Å². The number of hydrogen-bond donors (Lipinski definition) is 3. The van der Waals surface area contributed by atoms with Crippen LogP contribution in [0.15, 0.2) is 16.9 Å². The predicted molar refractivity (Wildman–Crippen MR) is 132 cm³/mol. The van der Waals surface area contributed by atoms with Crippen molar-refractivity contribution >= 4 is 23.3 Å².